The van der Waals surface area contributed by atoms with Crippen molar-refractivity contribution in [3.05, 3.63) is 52.0 Å². The van der Waals surface area contributed by atoms with Gasteiger partial charge in [0.05, 0.1) is 5.01 Å². The molecule has 3 nitrogen and oxygen atoms in total. The van der Waals surface area contributed by atoms with Crippen LogP contribution < -0.4 is 11.3 Å². The van der Waals surface area contributed by atoms with Gasteiger partial charge in [-0.15, -0.1) is 11.3 Å². The Balaban J connectivity index is 2.03. The van der Waals surface area contributed by atoms with E-state index in [1.54, 1.807) is 11.3 Å². The molecule has 4 heteroatoms. The van der Waals surface area contributed by atoms with Crippen LogP contribution in [0, 0.1) is 6.92 Å². The van der Waals surface area contributed by atoms with E-state index in [-0.39, 0.29) is 6.04 Å². The van der Waals surface area contributed by atoms with E-state index in [9.17, 15) is 0 Å². The third-order valence-corrected chi connectivity index (χ3v) is 3.67. The van der Waals surface area contributed by atoms with Gasteiger partial charge in [0.15, 0.2) is 0 Å². The second kappa shape index (κ2) is 5.91. The van der Waals surface area contributed by atoms with Crippen molar-refractivity contribution in [3.8, 4) is 0 Å². The first-order valence-electron chi connectivity index (χ1n) is 5.68. The number of rotatable bonds is 5. The van der Waals surface area contributed by atoms with Gasteiger partial charge in [0.1, 0.15) is 0 Å². The van der Waals surface area contributed by atoms with Gasteiger partial charge in [0, 0.05) is 24.0 Å². The molecule has 2 aromatic rings. The number of nitrogens with two attached hydrogens (primary N) is 1. The summed E-state index contributed by atoms with van der Waals surface area (Å²) in [7, 11) is 0. The number of nitrogens with zero attached hydrogens (tertiary/aromatic N) is 1. The van der Waals surface area contributed by atoms with Gasteiger partial charge in [-0.1, -0.05) is 24.3 Å². The number of nitrogens with one attached hydrogen (secondary N) is 1. The van der Waals surface area contributed by atoms with Crippen molar-refractivity contribution in [1.82, 2.24) is 10.4 Å². The zero-order chi connectivity index (χ0) is 12.1. The lowest BCUT2D eigenvalue weighted by molar-refractivity contribution is 0.520. The molecule has 0 aliphatic heterocycles. The maximum Gasteiger partial charge on any atom is 0.0940 e. The summed E-state index contributed by atoms with van der Waals surface area (Å²) in [6.45, 7) is 2.13. The molecule has 0 spiro atoms. The average Bonchev–Trinajstić information content (AvgIpc) is 2.84. The van der Waals surface area contributed by atoms with Gasteiger partial charge in [-0.25, -0.2) is 4.98 Å². The van der Waals surface area contributed by atoms with Crippen LogP contribution in [0.15, 0.2) is 35.8 Å². The van der Waals surface area contributed by atoms with Gasteiger partial charge < -0.3 is 0 Å². The molecule has 1 aromatic carbocycles. The molecule has 1 atom stereocenters. The number of thiazole rings is 1. The lowest BCUT2D eigenvalue weighted by atomic mass is 10.00. The Bertz CT molecular complexity index is 453. The van der Waals surface area contributed by atoms with Gasteiger partial charge in [-0.2, -0.15) is 0 Å². The summed E-state index contributed by atoms with van der Waals surface area (Å²) < 4.78 is 0. The molecule has 0 aliphatic carbocycles. The lowest BCUT2D eigenvalue weighted by Gasteiger charge is -2.15. The molecule has 2 rings (SSSR count). The third kappa shape index (κ3) is 3.36. The molecule has 1 aromatic heterocycles. The SMILES string of the molecule is Cc1ccccc1CC(Cc1nccs1)NN. The minimum absolute atomic E-state index is 0.238. The van der Waals surface area contributed by atoms with Crippen LogP contribution >= 0.6 is 11.3 Å². The van der Waals surface area contributed by atoms with Gasteiger partial charge in [-0.05, 0) is 24.5 Å². The topological polar surface area (TPSA) is 50.9 Å². The van der Waals surface area contributed by atoms with Crippen LogP contribution in [0.4, 0.5) is 0 Å². The first kappa shape index (κ1) is 12.2. The van der Waals surface area contributed by atoms with Gasteiger partial charge in [0.2, 0.25) is 0 Å². The molecule has 0 saturated carbocycles. The molecule has 0 radical (unpaired) electrons. The summed E-state index contributed by atoms with van der Waals surface area (Å²) in [5.74, 6) is 5.61. The monoisotopic (exact) mass is 247 g/mol. The van der Waals surface area contributed by atoms with Crippen molar-refractivity contribution in [3.63, 3.8) is 0 Å². The predicted molar refractivity (Wildman–Crippen MR) is 71.8 cm³/mol. The van der Waals surface area contributed by atoms with Crippen LogP contribution in [-0.2, 0) is 12.8 Å². The number of hydrogen-bond donors (Lipinski definition) is 2. The first-order valence-corrected chi connectivity index (χ1v) is 6.56. The quantitative estimate of drug-likeness (QED) is 0.628. The van der Waals surface area contributed by atoms with E-state index in [0.717, 1.165) is 17.8 Å². The average molecular weight is 247 g/mol. The van der Waals surface area contributed by atoms with E-state index in [1.807, 2.05) is 11.6 Å². The van der Waals surface area contributed by atoms with E-state index < -0.39 is 0 Å². The molecule has 0 fully saturated rings. The fourth-order valence-electron chi connectivity index (χ4n) is 1.86. The minimum atomic E-state index is 0.238. The van der Waals surface area contributed by atoms with Crippen molar-refractivity contribution in [1.29, 1.82) is 0 Å². The van der Waals surface area contributed by atoms with E-state index in [0.29, 0.717) is 0 Å². The van der Waals surface area contributed by atoms with Crippen LogP contribution in [0.1, 0.15) is 16.1 Å². The standard InChI is InChI=1S/C13H17N3S/c1-10-4-2-3-5-11(10)8-12(16-14)9-13-15-6-7-17-13/h2-7,12,16H,8-9,14H2,1H3. The Kier molecular flexibility index (Phi) is 4.25. The zero-order valence-corrected chi connectivity index (χ0v) is 10.7. The highest BCUT2D eigenvalue weighted by molar-refractivity contribution is 7.09. The minimum Gasteiger partial charge on any atom is -0.271 e. The second-order valence-corrected chi connectivity index (χ2v) is 5.10. The van der Waals surface area contributed by atoms with Crippen molar-refractivity contribution >= 4 is 11.3 Å². The van der Waals surface area contributed by atoms with Crippen molar-refractivity contribution in [2.75, 3.05) is 0 Å². The van der Waals surface area contributed by atoms with Gasteiger partial charge >= 0.3 is 0 Å². The molecular weight excluding hydrogens is 230 g/mol. The number of hydrazine groups is 1. The molecule has 0 saturated heterocycles. The molecule has 0 amide bonds. The van der Waals surface area contributed by atoms with Crippen LogP contribution in [0.5, 0.6) is 0 Å². The van der Waals surface area contributed by atoms with Gasteiger partial charge in [-0.3, -0.25) is 11.3 Å². The molecule has 17 heavy (non-hydrogen) atoms. The van der Waals surface area contributed by atoms with Gasteiger partial charge in [0.25, 0.3) is 0 Å². The third-order valence-electron chi connectivity index (χ3n) is 2.87. The molecule has 1 unspecified atom stereocenters. The maximum absolute atomic E-state index is 5.61. The molecule has 0 aliphatic rings. The summed E-state index contributed by atoms with van der Waals surface area (Å²) in [6, 6.07) is 8.65. The summed E-state index contributed by atoms with van der Waals surface area (Å²) in [4.78, 5) is 4.29. The first-order chi connectivity index (χ1) is 8.29. The van der Waals surface area contributed by atoms with Crippen LogP contribution in [0.3, 0.4) is 0 Å². The van der Waals surface area contributed by atoms with Crippen molar-refractivity contribution in [2.24, 2.45) is 5.84 Å². The predicted octanol–water partition coefficient (Wildman–Crippen LogP) is 2.07. The Labute approximate surface area is 106 Å². The maximum atomic E-state index is 5.61. The highest BCUT2D eigenvalue weighted by atomic mass is 32.1. The van der Waals surface area contributed by atoms with Crippen LogP contribution in [-0.4, -0.2) is 11.0 Å². The Morgan fingerprint density at radius 1 is 1.35 bits per heavy atom. The van der Waals surface area contributed by atoms with E-state index in [2.05, 4.69) is 41.6 Å². The Morgan fingerprint density at radius 3 is 2.82 bits per heavy atom. The molecule has 0 bridgehead atoms. The molecule has 3 N–H and O–H groups in total. The fourth-order valence-corrected chi connectivity index (χ4v) is 2.56. The highest BCUT2D eigenvalue weighted by Crippen LogP contribution is 2.13. The largest absolute Gasteiger partial charge is 0.271 e. The number of hydrogen-bond acceptors (Lipinski definition) is 4. The van der Waals surface area contributed by atoms with E-state index >= 15 is 0 Å². The van der Waals surface area contributed by atoms with Crippen molar-refractivity contribution in [2.45, 2.75) is 25.8 Å². The second-order valence-electron chi connectivity index (χ2n) is 4.12. The lowest BCUT2D eigenvalue weighted by Crippen LogP contribution is -2.38. The number of aryl methyl sites for hydroxylation is 1. The van der Waals surface area contributed by atoms with Crippen LogP contribution in [0.2, 0.25) is 0 Å². The molecule has 90 valence electrons. The smallest absolute Gasteiger partial charge is 0.0940 e. The highest BCUT2D eigenvalue weighted by Gasteiger charge is 2.11. The molecular formula is C13H17N3S. The van der Waals surface area contributed by atoms with E-state index in [1.165, 1.54) is 11.1 Å². The summed E-state index contributed by atoms with van der Waals surface area (Å²) >= 11 is 1.67. The zero-order valence-electron chi connectivity index (χ0n) is 9.89. The fraction of sp³-hybridized carbons (Fsp3) is 0.308. The normalized spacial score (nSPS) is 12.6. The number of benzene rings is 1. The summed E-state index contributed by atoms with van der Waals surface area (Å²) in [5, 5.41) is 3.12. The van der Waals surface area contributed by atoms with E-state index in [4.69, 9.17) is 5.84 Å². The summed E-state index contributed by atoms with van der Waals surface area (Å²) in [6.07, 6.45) is 3.65. The molecule has 1 heterocycles. The summed E-state index contributed by atoms with van der Waals surface area (Å²) in [5.41, 5.74) is 5.53. The Hall–Kier alpha value is -1.23. The van der Waals surface area contributed by atoms with Crippen molar-refractivity contribution < 1.29 is 0 Å². The number of aromatic nitrogens is 1. The Morgan fingerprint density at radius 2 is 2.18 bits per heavy atom. The van der Waals surface area contributed by atoms with Crippen LogP contribution in [0.25, 0.3) is 0 Å².